The third-order valence-electron chi connectivity index (χ3n) is 6.06. The van der Waals surface area contributed by atoms with Crippen LogP contribution in [0.4, 0.5) is 5.69 Å². The highest BCUT2D eigenvalue weighted by atomic mass is 16.2. The van der Waals surface area contributed by atoms with Crippen LogP contribution in [0.5, 0.6) is 0 Å². The second-order valence-corrected chi connectivity index (χ2v) is 7.99. The maximum atomic E-state index is 13.8. The molecule has 0 fully saturated rings. The minimum atomic E-state index is -0.343. The zero-order valence-electron chi connectivity index (χ0n) is 18.7. The molecule has 0 heterocycles. The van der Waals surface area contributed by atoms with Gasteiger partial charge in [-0.2, -0.15) is 0 Å². The number of likely N-dealkylation sites (N-methyl/N-ethyl adjacent to an activating group) is 1. The summed E-state index contributed by atoms with van der Waals surface area (Å²) in [5.74, 6) is -0.201. The summed E-state index contributed by atoms with van der Waals surface area (Å²) in [6, 6.07) is 35.0. The first-order valence-electron chi connectivity index (χ1n) is 11.3. The van der Waals surface area contributed by atoms with Crippen molar-refractivity contribution in [3.05, 3.63) is 114 Å². The molecule has 1 N–H and O–H groups in total. The van der Waals surface area contributed by atoms with Gasteiger partial charge in [-0.3, -0.25) is 4.79 Å². The Kier molecular flexibility index (Phi) is 6.86. The van der Waals surface area contributed by atoms with E-state index in [2.05, 4.69) is 72.0 Å². The monoisotopic (exact) mass is 422 g/mol. The highest BCUT2D eigenvalue weighted by Crippen LogP contribution is 2.36. The van der Waals surface area contributed by atoms with Crippen molar-refractivity contribution in [2.45, 2.75) is 25.8 Å². The van der Waals surface area contributed by atoms with E-state index < -0.39 is 0 Å². The van der Waals surface area contributed by atoms with Crippen molar-refractivity contribution >= 4 is 22.4 Å². The van der Waals surface area contributed by atoms with Crippen molar-refractivity contribution in [1.82, 2.24) is 4.90 Å². The molecule has 0 aliphatic heterocycles. The molecule has 0 radical (unpaired) electrons. The first-order valence-corrected chi connectivity index (χ1v) is 11.3. The third kappa shape index (κ3) is 4.67. The van der Waals surface area contributed by atoms with Gasteiger partial charge in [0.25, 0.3) is 0 Å². The average Bonchev–Trinajstić information content (AvgIpc) is 2.85. The van der Waals surface area contributed by atoms with Gasteiger partial charge in [-0.15, -0.1) is 0 Å². The molecule has 0 aromatic heterocycles. The Hall–Kier alpha value is -3.59. The molecule has 3 heteroatoms. The van der Waals surface area contributed by atoms with Crippen LogP contribution in [0.1, 0.15) is 36.9 Å². The number of hydrogen-bond acceptors (Lipinski definition) is 2. The highest BCUT2D eigenvalue weighted by Gasteiger charge is 2.33. The Bertz CT molecular complexity index is 1150. The minimum absolute atomic E-state index is 0.142. The van der Waals surface area contributed by atoms with Gasteiger partial charge in [-0.25, -0.2) is 0 Å². The molecule has 0 spiro atoms. The molecule has 32 heavy (non-hydrogen) atoms. The van der Waals surface area contributed by atoms with E-state index in [-0.39, 0.29) is 17.9 Å². The number of hydrogen-bond donors (Lipinski definition) is 1. The first kappa shape index (κ1) is 21.6. The molecule has 4 aromatic rings. The number of carbonyl (C=O) groups is 1. The largest absolute Gasteiger partial charge is 0.377 e. The molecule has 0 bridgehead atoms. The molecule has 3 nitrogen and oxygen atoms in total. The van der Waals surface area contributed by atoms with Gasteiger partial charge in [0.15, 0.2) is 0 Å². The lowest BCUT2D eigenvalue weighted by atomic mass is 9.85. The highest BCUT2D eigenvalue weighted by molar-refractivity contribution is 5.87. The van der Waals surface area contributed by atoms with Crippen molar-refractivity contribution in [2.75, 3.05) is 18.4 Å². The van der Waals surface area contributed by atoms with E-state index in [4.69, 9.17) is 0 Å². The minimum Gasteiger partial charge on any atom is -0.377 e. The van der Waals surface area contributed by atoms with Crippen molar-refractivity contribution in [3.63, 3.8) is 0 Å². The molecule has 2 atom stereocenters. The van der Waals surface area contributed by atoms with E-state index in [0.717, 1.165) is 16.8 Å². The second-order valence-electron chi connectivity index (χ2n) is 7.99. The molecular weight excluding hydrogens is 392 g/mol. The molecule has 0 saturated heterocycles. The maximum Gasteiger partial charge on any atom is 0.232 e. The first-order chi connectivity index (χ1) is 15.7. The Morgan fingerprint density at radius 1 is 0.719 bits per heavy atom. The van der Waals surface area contributed by atoms with Crippen molar-refractivity contribution in [2.24, 2.45) is 0 Å². The van der Waals surface area contributed by atoms with E-state index in [9.17, 15) is 4.79 Å². The summed E-state index contributed by atoms with van der Waals surface area (Å²) in [6.07, 6.45) is 0. The van der Waals surface area contributed by atoms with E-state index in [0.29, 0.717) is 13.1 Å². The predicted octanol–water partition coefficient (Wildman–Crippen LogP) is 6.65. The summed E-state index contributed by atoms with van der Waals surface area (Å²) < 4.78 is 0. The fourth-order valence-electron chi connectivity index (χ4n) is 4.35. The predicted molar refractivity (Wildman–Crippen MR) is 134 cm³/mol. The molecule has 0 unspecified atom stereocenters. The zero-order chi connectivity index (χ0) is 22.3. The average molecular weight is 423 g/mol. The Morgan fingerprint density at radius 3 is 1.91 bits per heavy atom. The quantitative estimate of drug-likeness (QED) is 0.345. The normalized spacial score (nSPS) is 12.8. The number of carbonyl (C=O) groups excluding carboxylic acids is 1. The van der Waals surface area contributed by atoms with E-state index >= 15 is 0 Å². The maximum absolute atomic E-state index is 13.8. The Morgan fingerprint density at radius 2 is 1.28 bits per heavy atom. The van der Waals surface area contributed by atoms with Crippen LogP contribution < -0.4 is 5.32 Å². The van der Waals surface area contributed by atoms with Crippen LogP contribution >= 0.6 is 0 Å². The lowest BCUT2D eigenvalue weighted by Gasteiger charge is -2.33. The number of nitrogens with one attached hydrogen (secondary N) is 1. The lowest BCUT2D eigenvalue weighted by molar-refractivity contribution is -0.132. The van der Waals surface area contributed by atoms with Gasteiger partial charge in [0.05, 0.1) is 12.0 Å². The fraction of sp³-hybridized carbons (Fsp3) is 0.207. The summed E-state index contributed by atoms with van der Waals surface area (Å²) >= 11 is 0. The molecule has 0 aliphatic carbocycles. The Labute approximate surface area is 190 Å². The number of rotatable bonds is 8. The third-order valence-corrected chi connectivity index (χ3v) is 6.06. The Balaban J connectivity index is 1.81. The smallest absolute Gasteiger partial charge is 0.232 e. The number of fused-ring (bicyclic) bond motifs is 1. The molecule has 0 aliphatic rings. The standard InChI is InChI=1S/C29H30N2O/c1-3-31(4-2)29(32)27(23-14-7-5-8-15-23)28(24-16-9-6-10-17-24)30-26-20-19-22-13-11-12-18-25(22)21-26/h5-21,27-28,30H,3-4H2,1-2H3/t27-,28-/m1/s1. The van der Waals surface area contributed by atoms with Gasteiger partial charge >= 0.3 is 0 Å². The van der Waals surface area contributed by atoms with E-state index in [1.165, 1.54) is 10.8 Å². The van der Waals surface area contributed by atoms with Crippen LogP contribution in [-0.2, 0) is 4.79 Å². The summed E-state index contributed by atoms with van der Waals surface area (Å²) in [5.41, 5.74) is 3.12. The van der Waals surface area contributed by atoms with Crippen molar-refractivity contribution < 1.29 is 4.79 Å². The van der Waals surface area contributed by atoms with Crippen LogP contribution in [0.15, 0.2) is 103 Å². The fourth-order valence-corrected chi connectivity index (χ4v) is 4.35. The number of benzene rings is 4. The SMILES string of the molecule is CCN(CC)C(=O)[C@H](c1ccccc1)[C@H](Nc1ccc2ccccc2c1)c1ccccc1. The van der Waals surface area contributed by atoms with Crippen molar-refractivity contribution in [1.29, 1.82) is 0 Å². The zero-order valence-corrected chi connectivity index (χ0v) is 18.7. The number of anilines is 1. The molecule has 4 rings (SSSR count). The molecule has 0 saturated carbocycles. The second kappa shape index (κ2) is 10.1. The van der Waals surface area contributed by atoms with Gasteiger partial charge in [-0.1, -0.05) is 91.0 Å². The van der Waals surface area contributed by atoms with Crippen molar-refractivity contribution in [3.8, 4) is 0 Å². The summed E-state index contributed by atoms with van der Waals surface area (Å²) in [5, 5.41) is 6.10. The molecule has 1 amide bonds. The summed E-state index contributed by atoms with van der Waals surface area (Å²) in [7, 11) is 0. The van der Waals surface area contributed by atoms with Gasteiger partial charge in [0.2, 0.25) is 5.91 Å². The van der Waals surface area contributed by atoms with E-state index in [1.54, 1.807) is 0 Å². The molecule has 162 valence electrons. The molecule has 4 aromatic carbocycles. The number of nitrogens with zero attached hydrogens (tertiary/aromatic N) is 1. The van der Waals surface area contributed by atoms with Crippen LogP contribution in [-0.4, -0.2) is 23.9 Å². The summed E-state index contributed by atoms with van der Waals surface area (Å²) in [4.78, 5) is 15.7. The number of amides is 1. The van der Waals surface area contributed by atoms with E-state index in [1.807, 2.05) is 55.1 Å². The summed E-state index contributed by atoms with van der Waals surface area (Å²) in [6.45, 7) is 5.46. The van der Waals surface area contributed by atoms with Gasteiger partial charge < -0.3 is 10.2 Å². The van der Waals surface area contributed by atoms with Gasteiger partial charge in [-0.05, 0) is 47.9 Å². The van der Waals surface area contributed by atoms with Gasteiger partial charge in [0, 0.05) is 18.8 Å². The van der Waals surface area contributed by atoms with Crippen LogP contribution in [0.25, 0.3) is 10.8 Å². The lowest BCUT2D eigenvalue weighted by Crippen LogP contribution is -2.39. The van der Waals surface area contributed by atoms with Crippen LogP contribution in [0.3, 0.4) is 0 Å². The van der Waals surface area contributed by atoms with Crippen LogP contribution in [0.2, 0.25) is 0 Å². The van der Waals surface area contributed by atoms with Gasteiger partial charge in [0.1, 0.15) is 0 Å². The van der Waals surface area contributed by atoms with Crippen LogP contribution in [0, 0.1) is 0 Å². The molecular formula is C29H30N2O. The topological polar surface area (TPSA) is 32.3 Å².